The van der Waals surface area contributed by atoms with Crippen LogP contribution in [0.15, 0.2) is 69.0 Å². The van der Waals surface area contributed by atoms with E-state index < -0.39 is 0 Å². The fourth-order valence-electron chi connectivity index (χ4n) is 3.85. The molecule has 1 aliphatic heterocycles. The number of aromatic nitrogens is 4. The largest absolute Gasteiger partial charge is 0.409 e. The van der Waals surface area contributed by atoms with Crippen LogP contribution in [0.3, 0.4) is 0 Å². The molecule has 4 aromatic rings. The van der Waals surface area contributed by atoms with Gasteiger partial charge in [-0.25, -0.2) is 4.68 Å². The van der Waals surface area contributed by atoms with E-state index >= 15 is 0 Å². The highest BCUT2D eigenvalue weighted by atomic mass is 32.2. The van der Waals surface area contributed by atoms with Crippen LogP contribution in [0.25, 0.3) is 22.4 Å². The van der Waals surface area contributed by atoms with Crippen molar-refractivity contribution in [3.63, 3.8) is 0 Å². The molecule has 0 bridgehead atoms. The third kappa shape index (κ3) is 4.59. The summed E-state index contributed by atoms with van der Waals surface area (Å²) in [5, 5.41) is 13.9. The highest BCUT2D eigenvalue weighted by Crippen LogP contribution is 2.29. The Kier molecular flexibility index (Phi) is 6.41. The van der Waals surface area contributed by atoms with Gasteiger partial charge in [-0.2, -0.15) is 5.10 Å². The molecule has 0 N–H and O–H groups in total. The van der Waals surface area contributed by atoms with Crippen LogP contribution in [0.5, 0.6) is 0 Å². The number of hydrogen-bond donors (Lipinski definition) is 0. The molecule has 34 heavy (non-hydrogen) atoms. The van der Waals surface area contributed by atoms with Crippen molar-refractivity contribution in [2.75, 3.05) is 26.3 Å². The average Bonchev–Trinajstić information content (AvgIpc) is 3.34. The first-order chi connectivity index (χ1) is 16.6. The molecule has 0 spiro atoms. The van der Waals surface area contributed by atoms with Crippen LogP contribution < -0.4 is 5.56 Å². The molecule has 5 rings (SSSR count). The second kappa shape index (κ2) is 9.78. The van der Waals surface area contributed by atoms with Crippen LogP contribution >= 0.6 is 11.8 Å². The van der Waals surface area contributed by atoms with Crippen molar-refractivity contribution >= 4 is 28.4 Å². The van der Waals surface area contributed by atoms with E-state index in [-0.39, 0.29) is 27.8 Å². The summed E-state index contributed by atoms with van der Waals surface area (Å²) in [6.45, 7) is 4.39. The Morgan fingerprint density at radius 3 is 2.50 bits per heavy atom. The fourth-order valence-corrected chi connectivity index (χ4v) is 4.62. The lowest BCUT2D eigenvalue weighted by Gasteiger charge is -2.28. The molecular formula is C24H23N5O4S. The van der Waals surface area contributed by atoms with Crippen LogP contribution in [0.1, 0.15) is 12.5 Å². The normalized spacial score (nSPS) is 14.9. The Bertz CT molecular complexity index is 1360. The molecule has 0 radical (unpaired) electrons. The number of fused-ring (bicyclic) bond motifs is 1. The molecule has 3 heterocycles. The molecule has 0 aliphatic carbocycles. The van der Waals surface area contributed by atoms with Gasteiger partial charge in [-0.15, -0.1) is 10.2 Å². The maximum atomic E-state index is 13.1. The summed E-state index contributed by atoms with van der Waals surface area (Å²) in [7, 11) is 0. The summed E-state index contributed by atoms with van der Waals surface area (Å²) >= 11 is 1.21. The van der Waals surface area contributed by atoms with Gasteiger partial charge in [-0.3, -0.25) is 9.59 Å². The topological polar surface area (TPSA) is 103 Å². The molecule has 1 saturated heterocycles. The molecular weight excluding hydrogens is 454 g/mol. The third-order valence-electron chi connectivity index (χ3n) is 5.60. The van der Waals surface area contributed by atoms with Crippen molar-refractivity contribution in [2.24, 2.45) is 0 Å². The summed E-state index contributed by atoms with van der Waals surface area (Å²) in [5.74, 6) is 0.208. The second-order valence-electron chi connectivity index (χ2n) is 7.91. The van der Waals surface area contributed by atoms with Crippen molar-refractivity contribution in [3.8, 4) is 11.6 Å². The van der Waals surface area contributed by atoms with Gasteiger partial charge in [0.05, 0.1) is 30.4 Å². The molecule has 2 aromatic heterocycles. The molecule has 1 unspecified atom stereocenters. The number of carbonyl (C=O) groups excluding carboxylic acids is 1. The standard InChI is InChI=1S/C24H23N5O4S/c1-16(22(30)28-11-13-32-14-12-28)34-24-26-25-21(33-24)20-18-9-5-6-10-19(18)23(31)29(27-20)15-17-7-3-2-4-8-17/h2-10,16H,11-15H2,1H3. The molecule has 1 atom stereocenters. The lowest BCUT2D eigenvalue weighted by Crippen LogP contribution is -2.44. The predicted molar refractivity (Wildman–Crippen MR) is 128 cm³/mol. The zero-order chi connectivity index (χ0) is 23.5. The van der Waals surface area contributed by atoms with E-state index in [9.17, 15) is 9.59 Å². The maximum absolute atomic E-state index is 13.1. The minimum absolute atomic E-state index is 0.00744. The van der Waals surface area contributed by atoms with Crippen LogP contribution in [0.2, 0.25) is 0 Å². The molecule has 1 aliphatic rings. The quantitative estimate of drug-likeness (QED) is 0.391. The van der Waals surface area contributed by atoms with Crippen molar-refractivity contribution in [3.05, 3.63) is 70.5 Å². The summed E-state index contributed by atoms with van der Waals surface area (Å²) < 4.78 is 12.6. The Morgan fingerprint density at radius 2 is 1.74 bits per heavy atom. The molecule has 1 amide bonds. The predicted octanol–water partition coefficient (Wildman–Crippen LogP) is 2.83. The van der Waals surface area contributed by atoms with Gasteiger partial charge in [-0.05, 0) is 18.6 Å². The van der Waals surface area contributed by atoms with Crippen molar-refractivity contribution in [1.82, 2.24) is 24.9 Å². The molecule has 9 nitrogen and oxygen atoms in total. The number of carbonyl (C=O) groups is 1. The smallest absolute Gasteiger partial charge is 0.277 e. The lowest BCUT2D eigenvalue weighted by molar-refractivity contribution is -0.134. The summed E-state index contributed by atoms with van der Waals surface area (Å²) in [6, 6.07) is 16.9. The van der Waals surface area contributed by atoms with E-state index in [1.807, 2.05) is 55.5 Å². The number of ether oxygens (including phenoxy) is 1. The van der Waals surface area contributed by atoms with Crippen LogP contribution in [0.4, 0.5) is 0 Å². The van der Waals surface area contributed by atoms with E-state index in [2.05, 4.69) is 15.3 Å². The first-order valence-corrected chi connectivity index (χ1v) is 11.9. The van der Waals surface area contributed by atoms with Crippen molar-refractivity contribution in [2.45, 2.75) is 23.9 Å². The number of morpholine rings is 1. The van der Waals surface area contributed by atoms with Gasteiger partial charge in [0, 0.05) is 18.5 Å². The second-order valence-corrected chi connectivity index (χ2v) is 9.21. The van der Waals surface area contributed by atoms with Gasteiger partial charge in [0.25, 0.3) is 16.7 Å². The maximum Gasteiger partial charge on any atom is 0.277 e. The third-order valence-corrected chi connectivity index (χ3v) is 6.52. The Morgan fingerprint density at radius 1 is 1.03 bits per heavy atom. The molecule has 1 fully saturated rings. The van der Waals surface area contributed by atoms with E-state index in [4.69, 9.17) is 9.15 Å². The molecule has 174 valence electrons. The van der Waals surface area contributed by atoms with Crippen molar-refractivity contribution < 1.29 is 13.9 Å². The fraction of sp³-hybridized carbons (Fsp3) is 0.292. The number of thioether (sulfide) groups is 1. The Balaban J connectivity index is 1.44. The van der Waals surface area contributed by atoms with Gasteiger partial charge in [0.2, 0.25) is 5.91 Å². The van der Waals surface area contributed by atoms with Crippen molar-refractivity contribution in [1.29, 1.82) is 0 Å². The number of benzene rings is 2. The van der Waals surface area contributed by atoms with E-state index in [0.29, 0.717) is 49.3 Å². The number of hydrogen-bond acceptors (Lipinski definition) is 8. The molecule has 10 heteroatoms. The van der Waals surface area contributed by atoms with Gasteiger partial charge in [0.1, 0.15) is 0 Å². The monoisotopic (exact) mass is 477 g/mol. The Hall–Kier alpha value is -3.50. The summed E-state index contributed by atoms with van der Waals surface area (Å²) in [4.78, 5) is 27.6. The van der Waals surface area contributed by atoms with Crippen LogP contribution in [-0.4, -0.2) is 62.3 Å². The van der Waals surface area contributed by atoms with E-state index in [0.717, 1.165) is 5.56 Å². The molecule has 0 saturated carbocycles. The minimum atomic E-state index is -0.386. The summed E-state index contributed by atoms with van der Waals surface area (Å²) in [5.41, 5.74) is 1.19. The van der Waals surface area contributed by atoms with Gasteiger partial charge in [-0.1, -0.05) is 60.3 Å². The zero-order valence-electron chi connectivity index (χ0n) is 18.6. The highest BCUT2D eigenvalue weighted by molar-refractivity contribution is 8.00. The van der Waals surface area contributed by atoms with Crippen LogP contribution in [-0.2, 0) is 16.1 Å². The van der Waals surface area contributed by atoms with Gasteiger partial charge < -0.3 is 14.1 Å². The van der Waals surface area contributed by atoms with E-state index in [1.54, 1.807) is 11.0 Å². The van der Waals surface area contributed by atoms with Gasteiger partial charge in [0.15, 0.2) is 5.69 Å². The van der Waals surface area contributed by atoms with Crippen LogP contribution in [0, 0.1) is 0 Å². The van der Waals surface area contributed by atoms with E-state index in [1.165, 1.54) is 16.4 Å². The highest BCUT2D eigenvalue weighted by Gasteiger charge is 2.26. The SMILES string of the molecule is CC(Sc1nnc(-c2nn(Cc3ccccc3)c(=O)c3ccccc23)o1)C(=O)N1CCOCC1. The lowest BCUT2D eigenvalue weighted by atomic mass is 10.1. The van der Waals surface area contributed by atoms with Gasteiger partial charge >= 0.3 is 0 Å². The summed E-state index contributed by atoms with van der Waals surface area (Å²) in [6.07, 6.45) is 0. The zero-order valence-corrected chi connectivity index (χ0v) is 19.4. The average molecular weight is 478 g/mol. The number of amides is 1. The molecule has 2 aromatic carbocycles. The minimum Gasteiger partial charge on any atom is -0.409 e. The Labute approximate surface area is 199 Å². The number of rotatable bonds is 6. The number of nitrogens with zero attached hydrogens (tertiary/aromatic N) is 5. The first-order valence-electron chi connectivity index (χ1n) is 11.0. The first kappa shape index (κ1) is 22.3.